The number of halogens is 2. The summed E-state index contributed by atoms with van der Waals surface area (Å²) in [6.07, 6.45) is 0. The molecular formula is C16H27BrIN3OS. The number of nitrogens with zero attached hydrogens (tertiary/aromatic N) is 2. The van der Waals surface area contributed by atoms with Gasteiger partial charge >= 0.3 is 0 Å². The fraction of sp³-hybridized carbons (Fsp3) is 0.562. The molecule has 1 atom stereocenters. The van der Waals surface area contributed by atoms with Crippen LogP contribution in [0.2, 0.25) is 0 Å². The molecule has 1 unspecified atom stereocenters. The van der Waals surface area contributed by atoms with Gasteiger partial charge in [-0.2, -0.15) is 0 Å². The number of guanidine groups is 1. The summed E-state index contributed by atoms with van der Waals surface area (Å²) >= 11 is 3.56. The molecule has 4 nitrogen and oxygen atoms in total. The summed E-state index contributed by atoms with van der Waals surface area (Å²) in [7, 11) is 2.90. The van der Waals surface area contributed by atoms with E-state index in [0.29, 0.717) is 12.3 Å². The second kappa shape index (κ2) is 10.7. The van der Waals surface area contributed by atoms with Crippen LogP contribution in [0.4, 0.5) is 0 Å². The summed E-state index contributed by atoms with van der Waals surface area (Å²) in [4.78, 5) is 6.35. The zero-order valence-corrected chi connectivity index (χ0v) is 19.2. The van der Waals surface area contributed by atoms with Crippen LogP contribution in [0, 0.1) is 0 Å². The van der Waals surface area contributed by atoms with Gasteiger partial charge in [-0.05, 0) is 32.4 Å². The monoisotopic (exact) mass is 515 g/mol. The van der Waals surface area contributed by atoms with Crippen molar-refractivity contribution in [1.29, 1.82) is 0 Å². The van der Waals surface area contributed by atoms with Gasteiger partial charge in [0.25, 0.3) is 0 Å². The highest BCUT2D eigenvalue weighted by Gasteiger charge is 2.19. The largest absolute Gasteiger partial charge is 0.355 e. The first kappa shape index (κ1) is 22.9. The van der Waals surface area contributed by atoms with Gasteiger partial charge in [0.15, 0.2) is 5.96 Å². The number of hydrogen-bond acceptors (Lipinski definition) is 2. The summed E-state index contributed by atoms with van der Waals surface area (Å²) in [6, 6.07) is 8.15. The first-order chi connectivity index (χ1) is 10.3. The number of benzene rings is 1. The van der Waals surface area contributed by atoms with Crippen molar-refractivity contribution in [2.75, 3.05) is 26.4 Å². The molecule has 0 aliphatic heterocycles. The Balaban J connectivity index is 0.00000484. The Morgan fingerprint density at radius 1 is 1.35 bits per heavy atom. The second-order valence-corrected chi connectivity index (χ2v) is 9.26. The highest BCUT2D eigenvalue weighted by molar-refractivity contribution is 14.0. The Hall–Kier alpha value is -0.150. The van der Waals surface area contributed by atoms with E-state index in [-0.39, 0.29) is 28.7 Å². The van der Waals surface area contributed by atoms with Crippen LogP contribution < -0.4 is 5.32 Å². The first-order valence-electron chi connectivity index (χ1n) is 7.29. The van der Waals surface area contributed by atoms with Crippen LogP contribution in [-0.2, 0) is 17.3 Å². The Labute approximate surface area is 168 Å². The quantitative estimate of drug-likeness (QED) is 0.370. The van der Waals surface area contributed by atoms with Gasteiger partial charge in [-0.3, -0.25) is 9.20 Å². The third-order valence-electron chi connectivity index (χ3n) is 3.19. The fourth-order valence-corrected chi connectivity index (χ4v) is 3.21. The highest BCUT2D eigenvalue weighted by atomic mass is 127. The van der Waals surface area contributed by atoms with Gasteiger partial charge < -0.3 is 10.2 Å². The lowest BCUT2D eigenvalue weighted by molar-refractivity contribution is 0.478. The molecule has 0 radical (unpaired) electrons. The molecule has 0 heterocycles. The average Bonchev–Trinajstić information content (AvgIpc) is 2.44. The molecule has 1 aromatic carbocycles. The summed E-state index contributed by atoms with van der Waals surface area (Å²) in [5.41, 5.74) is 1.20. The average molecular weight is 516 g/mol. The van der Waals surface area contributed by atoms with Crippen molar-refractivity contribution in [3.63, 3.8) is 0 Å². The molecule has 1 N–H and O–H groups in total. The van der Waals surface area contributed by atoms with Crippen molar-refractivity contribution in [2.24, 2.45) is 4.99 Å². The third-order valence-corrected chi connectivity index (χ3v) is 5.91. The van der Waals surface area contributed by atoms with Crippen molar-refractivity contribution in [1.82, 2.24) is 10.2 Å². The zero-order chi connectivity index (χ0) is 16.8. The maximum Gasteiger partial charge on any atom is 0.193 e. The van der Waals surface area contributed by atoms with Gasteiger partial charge in [0.05, 0.1) is 0 Å². The standard InChI is InChI=1S/C16H26BrN3OS.HI/c1-16(2,3)22(21)11-10-19-15(18-4)20(5)12-13-8-6-7-9-14(13)17;/h6-9H,10-12H2,1-5H3,(H,18,19);1H. The van der Waals surface area contributed by atoms with Crippen LogP contribution in [0.5, 0.6) is 0 Å². The van der Waals surface area contributed by atoms with Gasteiger partial charge in [-0.25, -0.2) is 0 Å². The summed E-state index contributed by atoms with van der Waals surface area (Å²) in [5, 5.41) is 3.28. The third kappa shape index (κ3) is 7.98. The number of aliphatic imine (C=N–C) groups is 1. The normalized spacial score (nSPS) is 13.2. The topological polar surface area (TPSA) is 44.7 Å². The van der Waals surface area contributed by atoms with E-state index in [4.69, 9.17) is 0 Å². The van der Waals surface area contributed by atoms with Crippen molar-refractivity contribution in [3.05, 3.63) is 34.3 Å². The SMILES string of the molecule is CN=C(NCCS(=O)C(C)(C)C)N(C)Cc1ccccc1Br.I. The van der Waals surface area contributed by atoms with Crippen LogP contribution in [0.3, 0.4) is 0 Å². The number of rotatable bonds is 5. The Kier molecular flexibility index (Phi) is 10.6. The summed E-state index contributed by atoms with van der Waals surface area (Å²) in [5.74, 6) is 1.42. The minimum absolute atomic E-state index is 0. The number of nitrogens with one attached hydrogen (secondary N) is 1. The molecule has 1 aromatic rings. The van der Waals surface area contributed by atoms with E-state index in [1.807, 2.05) is 46.0 Å². The minimum atomic E-state index is -0.854. The second-order valence-electron chi connectivity index (χ2n) is 6.08. The van der Waals surface area contributed by atoms with Crippen molar-refractivity contribution < 1.29 is 4.21 Å². The maximum atomic E-state index is 12.1. The maximum absolute atomic E-state index is 12.1. The predicted octanol–water partition coefficient (Wildman–Crippen LogP) is 3.62. The molecule has 0 saturated carbocycles. The van der Waals surface area contributed by atoms with Gasteiger partial charge in [0.1, 0.15) is 0 Å². The zero-order valence-electron chi connectivity index (χ0n) is 14.4. The molecule has 0 amide bonds. The molecule has 0 saturated heterocycles. The van der Waals surface area contributed by atoms with Crippen LogP contribution in [0.15, 0.2) is 33.7 Å². The lowest BCUT2D eigenvalue weighted by Crippen LogP contribution is -2.41. The molecule has 0 aromatic heterocycles. The van der Waals surface area contributed by atoms with Crippen LogP contribution in [0.25, 0.3) is 0 Å². The lowest BCUT2D eigenvalue weighted by Gasteiger charge is -2.23. The fourth-order valence-electron chi connectivity index (χ4n) is 1.90. The van der Waals surface area contributed by atoms with Crippen molar-refractivity contribution in [3.8, 4) is 0 Å². The molecule has 0 spiro atoms. The Bertz CT molecular complexity index is 546. The van der Waals surface area contributed by atoms with E-state index in [1.54, 1.807) is 7.05 Å². The molecular weight excluding hydrogens is 489 g/mol. The molecule has 1 rings (SSSR count). The molecule has 0 fully saturated rings. The van der Waals surface area contributed by atoms with E-state index in [1.165, 1.54) is 5.56 Å². The number of hydrogen-bond donors (Lipinski definition) is 1. The van der Waals surface area contributed by atoms with E-state index in [9.17, 15) is 4.21 Å². The summed E-state index contributed by atoms with van der Waals surface area (Å²) < 4.78 is 13.0. The van der Waals surface area contributed by atoms with Crippen LogP contribution in [-0.4, -0.2) is 46.2 Å². The first-order valence-corrected chi connectivity index (χ1v) is 9.40. The highest BCUT2D eigenvalue weighted by Crippen LogP contribution is 2.17. The molecule has 0 aliphatic rings. The molecule has 7 heteroatoms. The molecule has 132 valence electrons. The smallest absolute Gasteiger partial charge is 0.193 e. The van der Waals surface area contributed by atoms with Gasteiger partial charge in [-0.15, -0.1) is 24.0 Å². The van der Waals surface area contributed by atoms with E-state index in [2.05, 4.69) is 37.2 Å². The van der Waals surface area contributed by atoms with Gasteiger partial charge in [0, 0.05) is 53.0 Å². The van der Waals surface area contributed by atoms with Crippen molar-refractivity contribution in [2.45, 2.75) is 32.1 Å². The summed E-state index contributed by atoms with van der Waals surface area (Å²) in [6.45, 7) is 7.39. The minimum Gasteiger partial charge on any atom is -0.355 e. The van der Waals surface area contributed by atoms with Crippen LogP contribution >= 0.6 is 39.9 Å². The molecule has 0 aliphatic carbocycles. The van der Waals surface area contributed by atoms with Crippen LogP contribution in [0.1, 0.15) is 26.3 Å². The predicted molar refractivity (Wildman–Crippen MR) is 115 cm³/mol. The Morgan fingerprint density at radius 2 is 1.96 bits per heavy atom. The Morgan fingerprint density at radius 3 is 2.48 bits per heavy atom. The molecule has 0 bridgehead atoms. The van der Waals surface area contributed by atoms with E-state index in [0.717, 1.165) is 17.0 Å². The van der Waals surface area contributed by atoms with Gasteiger partial charge in [-0.1, -0.05) is 34.1 Å². The molecule has 23 heavy (non-hydrogen) atoms. The van der Waals surface area contributed by atoms with E-state index >= 15 is 0 Å². The van der Waals surface area contributed by atoms with Gasteiger partial charge in [0.2, 0.25) is 0 Å². The van der Waals surface area contributed by atoms with Crippen molar-refractivity contribution >= 4 is 56.7 Å². The lowest BCUT2D eigenvalue weighted by atomic mass is 10.2. The van der Waals surface area contributed by atoms with E-state index < -0.39 is 10.8 Å².